The highest BCUT2D eigenvalue weighted by Crippen LogP contribution is 2.11. The van der Waals surface area contributed by atoms with Gasteiger partial charge in [-0.3, -0.25) is 4.90 Å². The Balaban J connectivity index is 1.89. The molecule has 0 radical (unpaired) electrons. The quantitative estimate of drug-likeness (QED) is 0.784. The highest BCUT2D eigenvalue weighted by Gasteiger charge is 2.25. The van der Waals surface area contributed by atoms with Crippen LogP contribution in [0.2, 0.25) is 0 Å². The van der Waals surface area contributed by atoms with Crippen LogP contribution in [0.15, 0.2) is 30.3 Å². The van der Waals surface area contributed by atoms with E-state index in [1.807, 2.05) is 18.2 Å². The molecule has 1 heterocycles. The lowest BCUT2D eigenvalue weighted by molar-refractivity contribution is -0.0503. The van der Waals surface area contributed by atoms with Crippen LogP contribution >= 0.6 is 0 Å². The van der Waals surface area contributed by atoms with Crippen LogP contribution in [0.3, 0.4) is 0 Å². The van der Waals surface area contributed by atoms with E-state index in [4.69, 9.17) is 15.6 Å². The van der Waals surface area contributed by atoms with Crippen LogP contribution in [0.1, 0.15) is 5.56 Å². The Kier molecular flexibility index (Phi) is 4.50. The second kappa shape index (κ2) is 6.12. The van der Waals surface area contributed by atoms with Gasteiger partial charge in [0, 0.05) is 19.6 Å². The van der Waals surface area contributed by atoms with Crippen molar-refractivity contribution in [2.24, 2.45) is 5.73 Å². The summed E-state index contributed by atoms with van der Waals surface area (Å²) >= 11 is 0. The smallest absolute Gasteiger partial charge is 0.0875 e. The summed E-state index contributed by atoms with van der Waals surface area (Å²) in [6, 6.07) is 10.1. The van der Waals surface area contributed by atoms with Crippen molar-refractivity contribution >= 4 is 0 Å². The number of nitrogens with two attached hydrogens (primary N) is 1. The SMILES string of the molecule is N[C@@H](CO)C1CN(Cc2ccccc2)CCO1. The molecule has 1 fully saturated rings. The molecule has 0 aliphatic carbocycles. The van der Waals surface area contributed by atoms with Gasteiger partial charge in [0.1, 0.15) is 0 Å². The van der Waals surface area contributed by atoms with Gasteiger partial charge >= 0.3 is 0 Å². The Bertz CT molecular complexity index is 331. The van der Waals surface area contributed by atoms with E-state index in [1.54, 1.807) is 0 Å². The predicted molar refractivity (Wildman–Crippen MR) is 66.5 cm³/mol. The number of aliphatic hydroxyl groups is 1. The van der Waals surface area contributed by atoms with Crippen molar-refractivity contribution < 1.29 is 9.84 Å². The Hall–Kier alpha value is -0.940. The minimum Gasteiger partial charge on any atom is -0.395 e. The van der Waals surface area contributed by atoms with Crippen LogP contribution in [0, 0.1) is 0 Å². The molecule has 2 atom stereocenters. The number of rotatable bonds is 4. The van der Waals surface area contributed by atoms with Gasteiger partial charge in [-0.25, -0.2) is 0 Å². The van der Waals surface area contributed by atoms with Crippen LogP contribution < -0.4 is 5.73 Å². The van der Waals surface area contributed by atoms with Crippen LogP contribution in [0.25, 0.3) is 0 Å². The van der Waals surface area contributed by atoms with E-state index < -0.39 is 0 Å². The van der Waals surface area contributed by atoms with Gasteiger partial charge in [0.25, 0.3) is 0 Å². The highest BCUT2D eigenvalue weighted by molar-refractivity contribution is 5.14. The molecule has 1 aliphatic heterocycles. The number of hydrogen-bond donors (Lipinski definition) is 2. The number of morpholine rings is 1. The standard InChI is InChI=1S/C13H20N2O2/c14-12(10-16)13-9-15(6-7-17-13)8-11-4-2-1-3-5-11/h1-5,12-13,16H,6-10,14H2/t12-,13?/m0/s1. The summed E-state index contributed by atoms with van der Waals surface area (Å²) in [5.41, 5.74) is 7.10. The molecular formula is C13H20N2O2. The fraction of sp³-hybridized carbons (Fsp3) is 0.538. The van der Waals surface area contributed by atoms with E-state index in [2.05, 4.69) is 17.0 Å². The van der Waals surface area contributed by atoms with E-state index in [-0.39, 0.29) is 18.8 Å². The maximum Gasteiger partial charge on any atom is 0.0875 e. The molecule has 3 N–H and O–H groups in total. The lowest BCUT2D eigenvalue weighted by Gasteiger charge is -2.35. The zero-order chi connectivity index (χ0) is 12.1. The van der Waals surface area contributed by atoms with Gasteiger partial charge in [0.15, 0.2) is 0 Å². The Morgan fingerprint density at radius 2 is 2.18 bits per heavy atom. The lowest BCUT2D eigenvalue weighted by Crippen LogP contribution is -2.51. The molecule has 0 saturated carbocycles. The van der Waals surface area contributed by atoms with E-state index in [1.165, 1.54) is 5.56 Å². The normalized spacial score (nSPS) is 23.5. The van der Waals surface area contributed by atoms with Gasteiger partial charge in [-0.15, -0.1) is 0 Å². The summed E-state index contributed by atoms with van der Waals surface area (Å²) in [7, 11) is 0. The third-order valence-electron chi connectivity index (χ3n) is 3.11. The van der Waals surface area contributed by atoms with Crippen molar-refractivity contribution in [1.82, 2.24) is 4.90 Å². The first-order chi connectivity index (χ1) is 8.29. The molecule has 94 valence electrons. The molecule has 1 aromatic carbocycles. The summed E-state index contributed by atoms with van der Waals surface area (Å²) in [5, 5.41) is 9.04. The number of aliphatic hydroxyl groups excluding tert-OH is 1. The van der Waals surface area contributed by atoms with E-state index in [9.17, 15) is 0 Å². The molecule has 0 amide bonds. The molecule has 17 heavy (non-hydrogen) atoms. The van der Waals surface area contributed by atoms with Crippen LogP contribution in [0.5, 0.6) is 0 Å². The lowest BCUT2D eigenvalue weighted by atomic mass is 10.1. The van der Waals surface area contributed by atoms with Crippen LogP contribution in [0.4, 0.5) is 0 Å². The van der Waals surface area contributed by atoms with Crippen LogP contribution in [-0.4, -0.2) is 48.5 Å². The zero-order valence-corrected chi connectivity index (χ0v) is 9.96. The average Bonchev–Trinajstić information content (AvgIpc) is 2.39. The highest BCUT2D eigenvalue weighted by atomic mass is 16.5. The Labute approximate surface area is 102 Å². The molecule has 0 bridgehead atoms. The van der Waals surface area contributed by atoms with Crippen LogP contribution in [-0.2, 0) is 11.3 Å². The molecule has 1 aromatic rings. The van der Waals surface area contributed by atoms with Crippen molar-refractivity contribution in [2.75, 3.05) is 26.3 Å². The van der Waals surface area contributed by atoms with Gasteiger partial charge in [-0.05, 0) is 5.56 Å². The van der Waals surface area contributed by atoms with Gasteiger partial charge in [0.05, 0.1) is 25.4 Å². The minimum atomic E-state index is -0.284. The summed E-state index contributed by atoms with van der Waals surface area (Å²) in [4.78, 5) is 2.32. The molecule has 1 saturated heterocycles. The summed E-state index contributed by atoms with van der Waals surface area (Å²) in [5.74, 6) is 0. The maximum absolute atomic E-state index is 9.04. The second-order valence-electron chi connectivity index (χ2n) is 4.48. The molecule has 1 aliphatic rings. The fourth-order valence-corrected chi connectivity index (χ4v) is 2.09. The van der Waals surface area contributed by atoms with Crippen molar-refractivity contribution in [3.63, 3.8) is 0 Å². The van der Waals surface area contributed by atoms with Crippen molar-refractivity contribution in [3.05, 3.63) is 35.9 Å². The van der Waals surface area contributed by atoms with Gasteiger partial charge in [0.2, 0.25) is 0 Å². The van der Waals surface area contributed by atoms with Crippen molar-refractivity contribution in [3.8, 4) is 0 Å². The van der Waals surface area contributed by atoms with Gasteiger partial charge in [-0.2, -0.15) is 0 Å². The monoisotopic (exact) mass is 236 g/mol. The Morgan fingerprint density at radius 3 is 2.88 bits per heavy atom. The topological polar surface area (TPSA) is 58.7 Å². The molecule has 0 spiro atoms. The first kappa shape index (κ1) is 12.5. The molecule has 2 rings (SSSR count). The van der Waals surface area contributed by atoms with Crippen molar-refractivity contribution in [2.45, 2.75) is 18.7 Å². The summed E-state index contributed by atoms with van der Waals surface area (Å²) in [6.07, 6.45) is -0.0579. The molecular weight excluding hydrogens is 216 g/mol. The summed E-state index contributed by atoms with van der Waals surface area (Å²) in [6.45, 7) is 3.29. The zero-order valence-electron chi connectivity index (χ0n) is 9.96. The average molecular weight is 236 g/mol. The minimum absolute atomic E-state index is 0.0240. The number of hydrogen-bond acceptors (Lipinski definition) is 4. The molecule has 4 nitrogen and oxygen atoms in total. The number of ether oxygens (including phenoxy) is 1. The van der Waals surface area contributed by atoms with Crippen molar-refractivity contribution in [1.29, 1.82) is 0 Å². The van der Waals surface area contributed by atoms with E-state index >= 15 is 0 Å². The van der Waals surface area contributed by atoms with E-state index in [0.717, 1.165) is 19.6 Å². The predicted octanol–water partition coefficient (Wildman–Crippen LogP) is 0.207. The largest absolute Gasteiger partial charge is 0.395 e. The fourth-order valence-electron chi connectivity index (χ4n) is 2.09. The first-order valence-corrected chi connectivity index (χ1v) is 6.04. The first-order valence-electron chi connectivity index (χ1n) is 6.04. The molecule has 4 heteroatoms. The van der Waals surface area contributed by atoms with Gasteiger partial charge < -0.3 is 15.6 Å². The molecule has 0 aromatic heterocycles. The Morgan fingerprint density at radius 1 is 1.41 bits per heavy atom. The molecule has 1 unspecified atom stereocenters. The summed E-state index contributed by atoms with van der Waals surface area (Å²) < 4.78 is 5.57. The third-order valence-corrected chi connectivity index (χ3v) is 3.11. The maximum atomic E-state index is 9.04. The van der Waals surface area contributed by atoms with E-state index in [0.29, 0.717) is 6.61 Å². The number of benzene rings is 1. The third kappa shape index (κ3) is 3.51. The number of nitrogens with zero attached hydrogens (tertiary/aromatic N) is 1. The van der Waals surface area contributed by atoms with Gasteiger partial charge in [-0.1, -0.05) is 30.3 Å². The second-order valence-corrected chi connectivity index (χ2v) is 4.48.